The molecule has 0 rings (SSSR count). The largest absolute Gasteiger partial charge is 0.368 e. The fourth-order valence-corrected chi connectivity index (χ4v) is 4.55. The molecule has 8 heteroatoms. The van der Waals surface area contributed by atoms with E-state index in [0.29, 0.717) is 32.4 Å². The summed E-state index contributed by atoms with van der Waals surface area (Å²) in [6, 6.07) is -0.218. The minimum absolute atomic E-state index is 0.00142. The summed E-state index contributed by atoms with van der Waals surface area (Å²) >= 11 is 0. The number of unbranched alkanes of at least 4 members (excludes halogenated alkanes) is 6. The van der Waals surface area contributed by atoms with Gasteiger partial charge < -0.3 is 27.4 Å². The number of nitrogens with two attached hydrogens (primary N) is 3. The first kappa shape index (κ1) is 33.3. The summed E-state index contributed by atoms with van der Waals surface area (Å²) in [6.07, 6.45) is 15.9. The van der Waals surface area contributed by atoms with Gasteiger partial charge in [0.15, 0.2) is 0 Å². The van der Waals surface area contributed by atoms with Crippen LogP contribution in [0.25, 0.3) is 0 Å². The second kappa shape index (κ2) is 22.8. The van der Waals surface area contributed by atoms with E-state index in [1.807, 2.05) is 0 Å². The van der Waals surface area contributed by atoms with Crippen LogP contribution in [-0.2, 0) is 14.4 Å². The lowest BCUT2D eigenvalue weighted by atomic mass is 9.94. The Bertz CT molecular complexity index is 559. The van der Waals surface area contributed by atoms with Crippen LogP contribution in [0, 0.1) is 5.92 Å². The Labute approximate surface area is 214 Å². The van der Waals surface area contributed by atoms with Crippen LogP contribution in [0.2, 0.25) is 0 Å². The summed E-state index contributed by atoms with van der Waals surface area (Å²) in [5.74, 6) is 0.166. The molecule has 0 bridgehead atoms. The lowest BCUT2D eigenvalue weighted by molar-refractivity contribution is -0.136. The summed E-state index contributed by atoms with van der Waals surface area (Å²) in [5.41, 5.74) is 16.5. The molecule has 0 aliphatic heterocycles. The maximum atomic E-state index is 12.6. The van der Waals surface area contributed by atoms with Crippen molar-refractivity contribution in [3.05, 3.63) is 0 Å². The molecular weight excluding hydrogens is 442 g/mol. The molecule has 0 aliphatic rings. The van der Waals surface area contributed by atoms with Crippen molar-refractivity contribution in [1.82, 2.24) is 10.2 Å². The van der Waals surface area contributed by atoms with E-state index in [2.05, 4.69) is 19.2 Å². The molecule has 0 saturated heterocycles. The predicted octanol–water partition coefficient (Wildman–Crippen LogP) is 3.60. The highest BCUT2D eigenvalue weighted by atomic mass is 16.2. The maximum Gasteiger partial charge on any atom is 0.237 e. The SMILES string of the molecule is CCCC(CC)CCCCCCCCC(=O)NC(CCCCN)CN(CC(N)=O)C(=O)CCCN. The molecule has 0 saturated carbocycles. The van der Waals surface area contributed by atoms with E-state index in [0.717, 1.165) is 31.6 Å². The molecule has 0 aromatic carbocycles. The van der Waals surface area contributed by atoms with Crippen molar-refractivity contribution < 1.29 is 14.4 Å². The van der Waals surface area contributed by atoms with Crippen molar-refractivity contribution in [1.29, 1.82) is 0 Å². The molecule has 0 heterocycles. The third-order valence-corrected chi connectivity index (χ3v) is 6.65. The maximum absolute atomic E-state index is 12.6. The minimum Gasteiger partial charge on any atom is -0.368 e. The molecule has 0 aliphatic carbocycles. The Morgan fingerprint density at radius 2 is 1.40 bits per heavy atom. The van der Waals surface area contributed by atoms with E-state index in [-0.39, 0.29) is 37.4 Å². The molecule has 0 aromatic heterocycles. The molecular formula is C27H55N5O3. The number of hydrogen-bond acceptors (Lipinski definition) is 5. The van der Waals surface area contributed by atoms with Crippen LogP contribution >= 0.6 is 0 Å². The van der Waals surface area contributed by atoms with Crippen molar-refractivity contribution in [3.63, 3.8) is 0 Å². The summed E-state index contributed by atoms with van der Waals surface area (Å²) in [5, 5.41) is 3.08. The number of nitrogens with one attached hydrogen (secondary N) is 1. The van der Waals surface area contributed by atoms with Crippen LogP contribution in [0.5, 0.6) is 0 Å². The Kier molecular flexibility index (Phi) is 21.7. The van der Waals surface area contributed by atoms with Crippen LogP contribution in [0.15, 0.2) is 0 Å². The first-order chi connectivity index (χ1) is 16.9. The van der Waals surface area contributed by atoms with Gasteiger partial charge in [0.2, 0.25) is 17.7 Å². The standard InChI is InChI=1S/C27H55N5O3/c1-3-14-23(4-2)15-9-7-5-6-8-10-17-26(34)31-24(16-11-12-19-28)21-32(22-25(30)33)27(35)18-13-20-29/h23-24H,3-22,28-29H2,1-2H3,(H2,30,33)(H,31,34). The van der Waals surface area contributed by atoms with Crippen LogP contribution in [0.4, 0.5) is 0 Å². The Morgan fingerprint density at radius 3 is 2.00 bits per heavy atom. The van der Waals surface area contributed by atoms with E-state index in [1.165, 1.54) is 56.3 Å². The third-order valence-electron chi connectivity index (χ3n) is 6.65. The average molecular weight is 498 g/mol. The number of hydrogen-bond donors (Lipinski definition) is 4. The van der Waals surface area contributed by atoms with Crippen molar-refractivity contribution in [2.24, 2.45) is 23.1 Å². The molecule has 0 spiro atoms. The number of nitrogens with zero attached hydrogens (tertiary/aromatic N) is 1. The number of amides is 3. The first-order valence-electron chi connectivity index (χ1n) is 14.1. The second-order valence-electron chi connectivity index (χ2n) is 9.90. The van der Waals surface area contributed by atoms with Gasteiger partial charge >= 0.3 is 0 Å². The molecule has 2 atom stereocenters. The highest BCUT2D eigenvalue weighted by Crippen LogP contribution is 2.19. The zero-order valence-electron chi connectivity index (χ0n) is 22.7. The van der Waals surface area contributed by atoms with Gasteiger partial charge in [-0.15, -0.1) is 0 Å². The Balaban J connectivity index is 4.45. The fourth-order valence-electron chi connectivity index (χ4n) is 4.55. The molecule has 0 aromatic rings. The van der Waals surface area contributed by atoms with Gasteiger partial charge in [0.05, 0.1) is 6.54 Å². The van der Waals surface area contributed by atoms with E-state index in [9.17, 15) is 14.4 Å². The topological polar surface area (TPSA) is 145 Å². The average Bonchev–Trinajstić information content (AvgIpc) is 2.82. The van der Waals surface area contributed by atoms with Gasteiger partial charge in [-0.1, -0.05) is 78.1 Å². The van der Waals surface area contributed by atoms with Crippen molar-refractivity contribution >= 4 is 17.7 Å². The molecule has 7 N–H and O–H groups in total. The molecule has 0 fully saturated rings. The Hall–Kier alpha value is -1.67. The highest BCUT2D eigenvalue weighted by Gasteiger charge is 2.21. The Morgan fingerprint density at radius 1 is 0.771 bits per heavy atom. The smallest absolute Gasteiger partial charge is 0.237 e. The number of carbonyl (C=O) groups excluding carboxylic acids is 3. The van der Waals surface area contributed by atoms with E-state index < -0.39 is 5.91 Å². The lowest BCUT2D eigenvalue weighted by Gasteiger charge is -2.28. The number of primary amides is 1. The number of carbonyl (C=O) groups is 3. The second-order valence-corrected chi connectivity index (χ2v) is 9.90. The molecule has 0 radical (unpaired) electrons. The molecule has 2 unspecified atom stereocenters. The third kappa shape index (κ3) is 19.2. The molecule has 35 heavy (non-hydrogen) atoms. The monoisotopic (exact) mass is 497 g/mol. The highest BCUT2D eigenvalue weighted by molar-refractivity contribution is 5.84. The van der Waals surface area contributed by atoms with Gasteiger partial charge in [-0.25, -0.2) is 0 Å². The molecule has 206 valence electrons. The summed E-state index contributed by atoms with van der Waals surface area (Å²) in [7, 11) is 0. The zero-order chi connectivity index (χ0) is 26.3. The fraction of sp³-hybridized carbons (Fsp3) is 0.889. The van der Waals surface area contributed by atoms with E-state index >= 15 is 0 Å². The van der Waals surface area contributed by atoms with Gasteiger partial charge in [-0.3, -0.25) is 14.4 Å². The molecule has 3 amide bonds. The quantitative estimate of drug-likeness (QED) is 0.151. The predicted molar refractivity (Wildman–Crippen MR) is 145 cm³/mol. The van der Waals surface area contributed by atoms with Crippen LogP contribution in [0.3, 0.4) is 0 Å². The van der Waals surface area contributed by atoms with Gasteiger partial charge in [-0.2, -0.15) is 0 Å². The van der Waals surface area contributed by atoms with Crippen molar-refractivity contribution in [2.45, 2.75) is 123 Å². The van der Waals surface area contributed by atoms with E-state index in [4.69, 9.17) is 17.2 Å². The van der Waals surface area contributed by atoms with E-state index in [1.54, 1.807) is 0 Å². The lowest BCUT2D eigenvalue weighted by Crippen LogP contribution is -2.48. The minimum atomic E-state index is -0.561. The van der Waals surface area contributed by atoms with Crippen molar-refractivity contribution in [2.75, 3.05) is 26.2 Å². The van der Waals surface area contributed by atoms with Crippen molar-refractivity contribution in [3.8, 4) is 0 Å². The number of rotatable bonds is 24. The van der Waals surface area contributed by atoms with Crippen LogP contribution in [-0.4, -0.2) is 54.8 Å². The van der Waals surface area contributed by atoms with Gasteiger partial charge in [0.25, 0.3) is 0 Å². The molecule has 8 nitrogen and oxygen atoms in total. The van der Waals surface area contributed by atoms with Crippen LogP contribution in [0.1, 0.15) is 117 Å². The summed E-state index contributed by atoms with van der Waals surface area (Å²) in [6.45, 7) is 5.68. The summed E-state index contributed by atoms with van der Waals surface area (Å²) < 4.78 is 0. The van der Waals surface area contributed by atoms with Gasteiger partial charge in [-0.05, 0) is 44.7 Å². The zero-order valence-corrected chi connectivity index (χ0v) is 22.7. The first-order valence-corrected chi connectivity index (χ1v) is 14.1. The van der Waals surface area contributed by atoms with Gasteiger partial charge in [0, 0.05) is 25.4 Å². The van der Waals surface area contributed by atoms with Gasteiger partial charge in [0.1, 0.15) is 0 Å². The normalized spacial score (nSPS) is 12.8. The van der Waals surface area contributed by atoms with Crippen LogP contribution < -0.4 is 22.5 Å². The summed E-state index contributed by atoms with van der Waals surface area (Å²) in [4.78, 5) is 38.1.